The van der Waals surface area contributed by atoms with Gasteiger partial charge in [0.25, 0.3) is 0 Å². The van der Waals surface area contributed by atoms with E-state index in [2.05, 4.69) is 6.92 Å². The van der Waals surface area contributed by atoms with Crippen molar-refractivity contribution in [2.45, 2.75) is 61.8 Å². The summed E-state index contributed by atoms with van der Waals surface area (Å²) in [5.74, 6) is -0.489. The van der Waals surface area contributed by atoms with E-state index in [1.54, 1.807) is 12.2 Å². The Morgan fingerprint density at radius 1 is 1.30 bits per heavy atom. The van der Waals surface area contributed by atoms with Crippen molar-refractivity contribution >= 4 is 34.8 Å². The highest BCUT2D eigenvalue weighted by Crippen LogP contribution is 2.71. The molecule has 0 amide bonds. The maximum absolute atomic E-state index is 12.4. The molecule has 0 radical (unpaired) electrons. The number of alkyl halides is 2. The lowest BCUT2D eigenvalue weighted by atomic mass is 9.46. The van der Waals surface area contributed by atoms with E-state index in [1.165, 1.54) is 0 Å². The Balaban J connectivity index is 1.81. The molecule has 0 unspecified atom stereocenters. The highest BCUT2D eigenvalue weighted by molar-refractivity contribution is 6.34. The maximum atomic E-state index is 12.4. The van der Waals surface area contributed by atoms with Crippen LogP contribution in [0.3, 0.4) is 0 Å². The number of allylic oxidation sites excluding steroid dienone is 4. The van der Waals surface area contributed by atoms with E-state index in [4.69, 9.17) is 23.2 Å². The second kappa shape index (κ2) is 5.91. The normalized spacial score (nSPS) is 51.3. The fourth-order valence-corrected chi connectivity index (χ4v) is 7.97. The van der Waals surface area contributed by atoms with Gasteiger partial charge >= 0.3 is 0 Å². The van der Waals surface area contributed by atoms with Crippen LogP contribution in [0.25, 0.3) is 0 Å². The number of Topliss-reactive ketones (excluding diaryl/α,β-unsaturated/α-hetero) is 1. The molecule has 0 aromatic heterocycles. The number of carbonyl (C=O) groups is 2. The van der Waals surface area contributed by atoms with Gasteiger partial charge in [0.1, 0.15) is 12.2 Å². The molecule has 3 saturated carbocycles. The third kappa shape index (κ3) is 2.19. The van der Waals surface area contributed by atoms with E-state index in [1.807, 2.05) is 13.0 Å². The topological polar surface area (TPSA) is 74.6 Å². The van der Waals surface area contributed by atoms with Gasteiger partial charge in [0, 0.05) is 10.8 Å². The molecular formula is C21H26Cl2O4. The van der Waals surface area contributed by atoms with E-state index in [0.29, 0.717) is 19.3 Å². The minimum atomic E-state index is -1.56. The van der Waals surface area contributed by atoms with Crippen LogP contribution in [0.4, 0.5) is 0 Å². The Morgan fingerprint density at radius 2 is 2.00 bits per heavy atom. The predicted molar refractivity (Wildman–Crippen MR) is 104 cm³/mol. The van der Waals surface area contributed by atoms with Crippen molar-refractivity contribution in [3.8, 4) is 0 Å². The minimum Gasteiger partial charge on any atom is -0.388 e. The smallest absolute Gasteiger partial charge is 0.190 e. The summed E-state index contributed by atoms with van der Waals surface area (Å²) in [6.45, 7) is 3.31. The van der Waals surface area contributed by atoms with Crippen LogP contribution in [-0.2, 0) is 9.59 Å². The molecule has 6 heteroatoms. The molecule has 7 atom stereocenters. The quantitative estimate of drug-likeness (QED) is 0.682. The highest BCUT2D eigenvalue weighted by atomic mass is 35.5. The Labute approximate surface area is 169 Å². The zero-order valence-electron chi connectivity index (χ0n) is 15.7. The third-order valence-electron chi connectivity index (χ3n) is 8.35. The third-order valence-corrected chi connectivity index (χ3v) is 9.90. The Morgan fingerprint density at radius 3 is 2.67 bits per heavy atom. The van der Waals surface area contributed by atoms with Crippen molar-refractivity contribution in [3.05, 3.63) is 23.8 Å². The zero-order valence-corrected chi connectivity index (χ0v) is 17.2. The summed E-state index contributed by atoms with van der Waals surface area (Å²) >= 11 is 14.3. The molecule has 3 fully saturated rings. The molecule has 0 saturated heterocycles. The first-order chi connectivity index (χ1) is 12.5. The monoisotopic (exact) mass is 412 g/mol. The van der Waals surface area contributed by atoms with Crippen LogP contribution in [0.2, 0.25) is 0 Å². The second-order valence-corrected chi connectivity index (χ2v) is 10.3. The summed E-state index contributed by atoms with van der Waals surface area (Å²) in [4.78, 5) is 23.6. The van der Waals surface area contributed by atoms with Crippen LogP contribution in [0.5, 0.6) is 0 Å². The molecule has 4 aliphatic carbocycles. The first-order valence-corrected chi connectivity index (χ1v) is 10.5. The van der Waals surface area contributed by atoms with Crippen LogP contribution >= 0.6 is 23.2 Å². The van der Waals surface area contributed by atoms with Crippen molar-refractivity contribution < 1.29 is 19.8 Å². The van der Waals surface area contributed by atoms with Gasteiger partial charge in [0.2, 0.25) is 0 Å². The van der Waals surface area contributed by atoms with Crippen molar-refractivity contribution in [3.63, 3.8) is 0 Å². The van der Waals surface area contributed by atoms with Gasteiger partial charge in [0.15, 0.2) is 11.6 Å². The molecule has 0 heterocycles. The van der Waals surface area contributed by atoms with Gasteiger partial charge in [-0.3, -0.25) is 9.59 Å². The number of hydrogen-bond acceptors (Lipinski definition) is 4. The van der Waals surface area contributed by atoms with E-state index < -0.39 is 39.1 Å². The number of carbonyl (C=O) groups excluding carboxylic acids is 2. The molecule has 4 nitrogen and oxygen atoms in total. The molecule has 0 aliphatic heterocycles. The van der Waals surface area contributed by atoms with E-state index in [9.17, 15) is 19.8 Å². The van der Waals surface area contributed by atoms with Gasteiger partial charge in [-0.1, -0.05) is 25.5 Å². The molecule has 2 N–H and O–H groups in total. The van der Waals surface area contributed by atoms with Crippen LogP contribution < -0.4 is 0 Å². The first-order valence-electron chi connectivity index (χ1n) is 9.68. The number of halogens is 2. The number of fused-ring (bicyclic) bond motifs is 5. The number of hydrogen-bond donors (Lipinski definition) is 2. The summed E-state index contributed by atoms with van der Waals surface area (Å²) in [7, 11) is 0. The lowest BCUT2D eigenvalue weighted by molar-refractivity contribution is -0.161. The molecule has 4 aliphatic rings. The highest BCUT2D eigenvalue weighted by Gasteiger charge is 2.72. The van der Waals surface area contributed by atoms with Crippen molar-refractivity contribution in [1.29, 1.82) is 0 Å². The Kier molecular flexibility index (Phi) is 4.30. The fourth-order valence-electron chi connectivity index (χ4n) is 6.74. The molecular weight excluding hydrogens is 387 g/mol. The average Bonchev–Trinajstić information content (AvgIpc) is 2.88. The molecule has 0 aromatic rings. The summed E-state index contributed by atoms with van der Waals surface area (Å²) < 4.78 is 0. The SMILES string of the molecule is C[C@]12C=CC(=O)C=C1CC[C@@H]1[C@H]3CC[C@@](O)(C(=O)CO)[C@]3(C)C[C@@H](Cl)[C@]12Cl. The summed E-state index contributed by atoms with van der Waals surface area (Å²) in [5.41, 5.74) is -1.78. The van der Waals surface area contributed by atoms with Gasteiger partial charge < -0.3 is 10.2 Å². The number of aliphatic hydroxyl groups is 2. The van der Waals surface area contributed by atoms with Gasteiger partial charge in [-0.2, -0.15) is 0 Å². The van der Waals surface area contributed by atoms with Crippen molar-refractivity contribution in [1.82, 2.24) is 0 Å². The number of rotatable bonds is 2. The van der Waals surface area contributed by atoms with E-state index in [0.717, 1.165) is 18.4 Å². The van der Waals surface area contributed by atoms with Crippen molar-refractivity contribution in [2.75, 3.05) is 6.61 Å². The first kappa shape index (κ1) is 19.6. The number of ketones is 2. The summed E-state index contributed by atoms with van der Waals surface area (Å²) in [6, 6.07) is 0. The van der Waals surface area contributed by atoms with Crippen LogP contribution in [0, 0.1) is 22.7 Å². The van der Waals surface area contributed by atoms with Gasteiger partial charge in [-0.05, 0) is 56.1 Å². The van der Waals surface area contributed by atoms with Crippen LogP contribution in [-0.4, -0.2) is 44.2 Å². The molecule has 0 bridgehead atoms. The molecule has 27 heavy (non-hydrogen) atoms. The lowest BCUT2D eigenvalue weighted by Crippen LogP contribution is -2.67. The van der Waals surface area contributed by atoms with Crippen molar-refractivity contribution in [2.24, 2.45) is 22.7 Å². The van der Waals surface area contributed by atoms with Crippen LogP contribution in [0.15, 0.2) is 23.8 Å². The van der Waals surface area contributed by atoms with Gasteiger partial charge in [-0.15, -0.1) is 23.2 Å². The minimum absolute atomic E-state index is 0.0148. The Bertz CT molecular complexity index is 776. The average molecular weight is 413 g/mol. The molecule has 0 spiro atoms. The lowest BCUT2D eigenvalue weighted by Gasteiger charge is -2.63. The summed E-state index contributed by atoms with van der Waals surface area (Å²) in [5, 5.41) is 20.2. The van der Waals surface area contributed by atoms with Crippen LogP contribution in [0.1, 0.15) is 46.0 Å². The molecule has 0 aromatic carbocycles. The summed E-state index contributed by atoms with van der Waals surface area (Å²) in [6.07, 6.45) is 8.11. The fraction of sp³-hybridized carbons (Fsp3) is 0.714. The largest absolute Gasteiger partial charge is 0.388 e. The van der Waals surface area contributed by atoms with E-state index in [-0.39, 0.29) is 17.6 Å². The molecule has 148 valence electrons. The second-order valence-electron chi connectivity index (χ2n) is 9.20. The predicted octanol–water partition coefficient (Wildman–Crippen LogP) is 3.17. The van der Waals surface area contributed by atoms with E-state index >= 15 is 0 Å². The molecule has 4 rings (SSSR count). The Hall–Kier alpha value is -0.680. The van der Waals surface area contributed by atoms with Gasteiger partial charge in [0.05, 0.1) is 10.3 Å². The number of aliphatic hydroxyl groups excluding tert-OH is 1. The maximum Gasteiger partial charge on any atom is 0.190 e. The zero-order chi connectivity index (χ0) is 19.8. The van der Waals surface area contributed by atoms with Gasteiger partial charge in [-0.25, -0.2) is 0 Å². The standard InChI is InChI=1S/C21H26Cl2O4/c1-18-7-5-13(25)9-12(18)3-4-15-14-6-8-20(27,17(26)11-24)19(14,2)10-16(22)21(15,18)23/h5,7,9,14-16,24,27H,3-4,6,8,10-11H2,1-2H3/t14-,15-,16-,18+,19-,20-,21-/m1/s1.